The molecule has 1 heterocycles. The van der Waals surface area contributed by atoms with E-state index in [9.17, 15) is 5.11 Å². The Hall–Kier alpha value is -3.82. The third kappa shape index (κ3) is 4.67. The molecule has 0 amide bonds. The summed E-state index contributed by atoms with van der Waals surface area (Å²) in [4.78, 5) is 0. The van der Waals surface area contributed by atoms with Crippen LogP contribution >= 0.6 is 0 Å². The molecule has 0 saturated heterocycles. The average molecular weight is 475 g/mol. The first-order valence-electron chi connectivity index (χ1n) is 12.7. The zero-order valence-electron chi connectivity index (χ0n) is 21.5. The molecule has 0 aliphatic carbocycles. The molecular formula is C33H34N2O. The molecule has 0 unspecified atom stereocenters. The van der Waals surface area contributed by atoms with E-state index in [2.05, 4.69) is 129 Å². The van der Waals surface area contributed by atoms with E-state index in [1.165, 1.54) is 44.3 Å². The second kappa shape index (κ2) is 10.0. The lowest BCUT2D eigenvalue weighted by atomic mass is 9.97. The Morgan fingerprint density at radius 2 is 1.39 bits per heavy atom. The lowest BCUT2D eigenvalue weighted by Gasteiger charge is -2.19. The van der Waals surface area contributed by atoms with Crippen LogP contribution in [0.4, 0.5) is 5.69 Å². The lowest BCUT2D eigenvalue weighted by Crippen LogP contribution is -2.25. The number of aryl methyl sites for hydroxylation is 4. The Bertz CT molecular complexity index is 1500. The van der Waals surface area contributed by atoms with Crippen LogP contribution in [0.15, 0.2) is 91.0 Å². The molecule has 0 aliphatic heterocycles. The Kier molecular flexibility index (Phi) is 6.67. The molecule has 1 aromatic heterocycles. The molecule has 0 fully saturated rings. The summed E-state index contributed by atoms with van der Waals surface area (Å²) in [6.07, 6.45) is -0.561. The normalized spacial score (nSPS) is 12.1. The number of anilines is 1. The molecule has 5 rings (SSSR count). The maximum atomic E-state index is 11.3. The smallest absolute Gasteiger partial charge is 0.0891 e. The number of aromatic nitrogens is 1. The zero-order chi connectivity index (χ0) is 25.2. The third-order valence-corrected chi connectivity index (χ3v) is 7.04. The number of rotatable bonds is 7. The van der Waals surface area contributed by atoms with Gasteiger partial charge in [0.1, 0.15) is 0 Å². The van der Waals surface area contributed by atoms with Crippen LogP contribution in [-0.2, 0) is 6.54 Å². The van der Waals surface area contributed by atoms with E-state index < -0.39 is 6.10 Å². The van der Waals surface area contributed by atoms with E-state index in [0.717, 1.165) is 16.9 Å². The molecule has 36 heavy (non-hydrogen) atoms. The number of fused-ring (bicyclic) bond motifs is 1. The Morgan fingerprint density at radius 1 is 0.722 bits per heavy atom. The van der Waals surface area contributed by atoms with Gasteiger partial charge in [0, 0.05) is 23.2 Å². The fourth-order valence-electron chi connectivity index (χ4n) is 5.22. The van der Waals surface area contributed by atoms with Crippen molar-refractivity contribution in [2.45, 2.75) is 40.3 Å². The first-order valence-corrected chi connectivity index (χ1v) is 12.7. The maximum absolute atomic E-state index is 11.3. The molecule has 0 radical (unpaired) electrons. The molecule has 3 nitrogen and oxygen atoms in total. The predicted octanol–water partition coefficient (Wildman–Crippen LogP) is 7.68. The number of aliphatic hydroxyl groups is 1. The highest BCUT2D eigenvalue weighted by atomic mass is 16.3. The fraction of sp³-hybridized carbons (Fsp3) is 0.212. The number of nitrogens with zero attached hydrogens (tertiary/aromatic N) is 1. The monoisotopic (exact) mass is 474 g/mol. The summed E-state index contributed by atoms with van der Waals surface area (Å²) in [6, 6.07) is 32.0. The van der Waals surface area contributed by atoms with Crippen LogP contribution in [0, 0.1) is 27.7 Å². The predicted molar refractivity (Wildman–Crippen MR) is 153 cm³/mol. The van der Waals surface area contributed by atoms with Gasteiger partial charge in [-0.25, -0.2) is 0 Å². The first kappa shape index (κ1) is 23.9. The zero-order valence-corrected chi connectivity index (χ0v) is 21.5. The van der Waals surface area contributed by atoms with E-state index >= 15 is 0 Å². The fourth-order valence-corrected chi connectivity index (χ4v) is 5.22. The minimum absolute atomic E-state index is 0.474. The third-order valence-electron chi connectivity index (χ3n) is 7.04. The lowest BCUT2D eigenvalue weighted by molar-refractivity contribution is 0.169. The standard InChI is InChI=1S/C33H34N2O/c1-22-17-25(4)32-30(18-22)31(26-11-7-5-8-12-26)33(27-13-9-6-10-14-27)35(32)21-29(36)20-34-28-16-15-23(2)24(3)19-28/h5-19,29,34,36H,20-21H2,1-4H3/t29-/m1/s1. The summed E-state index contributed by atoms with van der Waals surface area (Å²) in [7, 11) is 0. The van der Waals surface area contributed by atoms with E-state index in [0.29, 0.717) is 13.1 Å². The van der Waals surface area contributed by atoms with Crippen molar-refractivity contribution in [3.8, 4) is 22.4 Å². The van der Waals surface area contributed by atoms with Crippen molar-refractivity contribution >= 4 is 16.6 Å². The quantitative estimate of drug-likeness (QED) is 0.254. The summed E-state index contributed by atoms with van der Waals surface area (Å²) in [5, 5.41) is 15.9. The van der Waals surface area contributed by atoms with Gasteiger partial charge >= 0.3 is 0 Å². The van der Waals surface area contributed by atoms with Gasteiger partial charge in [0.2, 0.25) is 0 Å². The van der Waals surface area contributed by atoms with Crippen molar-refractivity contribution in [1.29, 1.82) is 0 Å². The van der Waals surface area contributed by atoms with Gasteiger partial charge < -0.3 is 15.0 Å². The minimum atomic E-state index is -0.561. The van der Waals surface area contributed by atoms with Crippen LogP contribution in [0.1, 0.15) is 22.3 Å². The van der Waals surface area contributed by atoms with Crippen LogP contribution in [0.2, 0.25) is 0 Å². The second-order valence-electron chi connectivity index (χ2n) is 9.88. The molecule has 1 atom stereocenters. The van der Waals surface area contributed by atoms with Gasteiger partial charge in [0.25, 0.3) is 0 Å². The highest BCUT2D eigenvalue weighted by Gasteiger charge is 2.23. The summed E-state index contributed by atoms with van der Waals surface area (Å²) < 4.78 is 2.33. The summed E-state index contributed by atoms with van der Waals surface area (Å²) in [5.41, 5.74) is 11.9. The number of hydrogen-bond acceptors (Lipinski definition) is 2. The summed E-state index contributed by atoms with van der Waals surface area (Å²) in [5.74, 6) is 0. The molecule has 0 spiro atoms. The summed E-state index contributed by atoms with van der Waals surface area (Å²) >= 11 is 0. The van der Waals surface area contributed by atoms with Crippen molar-refractivity contribution < 1.29 is 5.11 Å². The van der Waals surface area contributed by atoms with Crippen molar-refractivity contribution in [2.75, 3.05) is 11.9 Å². The first-order chi connectivity index (χ1) is 17.4. The molecule has 0 bridgehead atoms. The van der Waals surface area contributed by atoms with Crippen molar-refractivity contribution in [3.63, 3.8) is 0 Å². The van der Waals surface area contributed by atoms with Crippen molar-refractivity contribution in [1.82, 2.24) is 4.57 Å². The van der Waals surface area contributed by atoms with Gasteiger partial charge in [-0.3, -0.25) is 0 Å². The van der Waals surface area contributed by atoms with E-state index in [1.807, 2.05) is 0 Å². The van der Waals surface area contributed by atoms with E-state index in [1.54, 1.807) is 0 Å². The van der Waals surface area contributed by atoms with E-state index in [4.69, 9.17) is 0 Å². The highest BCUT2D eigenvalue weighted by molar-refractivity contribution is 6.06. The van der Waals surface area contributed by atoms with Gasteiger partial charge in [0.15, 0.2) is 0 Å². The van der Waals surface area contributed by atoms with Gasteiger partial charge in [-0.1, -0.05) is 78.4 Å². The molecule has 4 aromatic carbocycles. The Labute approximate surface area is 214 Å². The second-order valence-corrected chi connectivity index (χ2v) is 9.88. The number of hydrogen-bond donors (Lipinski definition) is 2. The number of aliphatic hydroxyl groups excluding tert-OH is 1. The molecule has 0 aliphatic rings. The van der Waals surface area contributed by atoms with Crippen molar-refractivity contribution in [2.24, 2.45) is 0 Å². The van der Waals surface area contributed by atoms with Crippen LogP contribution in [0.25, 0.3) is 33.3 Å². The van der Waals surface area contributed by atoms with Gasteiger partial charge in [-0.05, 0) is 73.7 Å². The maximum Gasteiger partial charge on any atom is 0.0891 e. The topological polar surface area (TPSA) is 37.2 Å². The largest absolute Gasteiger partial charge is 0.389 e. The molecule has 3 heteroatoms. The SMILES string of the molecule is Cc1cc(C)c2c(c1)c(-c1ccccc1)c(-c1ccccc1)n2C[C@H](O)CNc1ccc(C)c(C)c1. The highest BCUT2D eigenvalue weighted by Crippen LogP contribution is 2.42. The number of benzene rings is 4. The summed E-state index contributed by atoms with van der Waals surface area (Å²) in [6.45, 7) is 9.53. The minimum Gasteiger partial charge on any atom is -0.389 e. The van der Waals surface area contributed by atoms with Crippen molar-refractivity contribution in [3.05, 3.63) is 113 Å². The Balaban J connectivity index is 1.62. The molecule has 182 valence electrons. The van der Waals surface area contributed by atoms with Crippen LogP contribution < -0.4 is 5.32 Å². The molecule has 0 saturated carbocycles. The van der Waals surface area contributed by atoms with Crippen LogP contribution in [0.3, 0.4) is 0 Å². The molecule has 5 aromatic rings. The molecule has 2 N–H and O–H groups in total. The molecular weight excluding hydrogens is 440 g/mol. The average Bonchev–Trinajstić information content (AvgIpc) is 3.19. The Morgan fingerprint density at radius 3 is 2.06 bits per heavy atom. The van der Waals surface area contributed by atoms with E-state index in [-0.39, 0.29) is 0 Å². The van der Waals surface area contributed by atoms with Gasteiger partial charge in [-0.2, -0.15) is 0 Å². The van der Waals surface area contributed by atoms with Crippen LogP contribution in [-0.4, -0.2) is 22.3 Å². The van der Waals surface area contributed by atoms with Gasteiger partial charge in [-0.15, -0.1) is 0 Å². The van der Waals surface area contributed by atoms with Gasteiger partial charge in [0.05, 0.1) is 23.9 Å². The number of nitrogens with one attached hydrogen (secondary N) is 1. The van der Waals surface area contributed by atoms with Crippen LogP contribution in [0.5, 0.6) is 0 Å².